The Labute approximate surface area is 154 Å². The molecule has 3 rings (SSSR count). The van der Waals surface area contributed by atoms with Crippen molar-refractivity contribution in [1.82, 2.24) is 4.72 Å². The maximum atomic E-state index is 12.4. The van der Waals surface area contributed by atoms with Crippen LogP contribution in [-0.4, -0.2) is 31.3 Å². The van der Waals surface area contributed by atoms with Gasteiger partial charge in [0, 0.05) is 0 Å². The number of hydrogen-bond acceptors (Lipinski definition) is 3. The van der Waals surface area contributed by atoms with E-state index in [9.17, 15) is 18.3 Å². The van der Waals surface area contributed by atoms with Gasteiger partial charge in [-0.1, -0.05) is 54.6 Å². The number of benzene rings is 2. The number of hydrogen-bond donors (Lipinski definition) is 2. The SMILES string of the molecule is O=C(O)[C@H](Cc1ccccc1)NS(=O)(=O)CCC1Cc2ccccc2C1. The van der Waals surface area contributed by atoms with Crippen molar-refractivity contribution in [2.24, 2.45) is 5.92 Å². The molecule has 2 N–H and O–H groups in total. The number of carbonyl (C=O) groups is 1. The van der Waals surface area contributed by atoms with Gasteiger partial charge in [0.05, 0.1) is 5.75 Å². The molecule has 26 heavy (non-hydrogen) atoms. The third-order valence-electron chi connectivity index (χ3n) is 4.83. The lowest BCUT2D eigenvalue weighted by Crippen LogP contribution is -2.43. The molecule has 0 bridgehead atoms. The Kier molecular flexibility index (Phi) is 5.74. The second kappa shape index (κ2) is 8.01. The van der Waals surface area contributed by atoms with E-state index in [0.717, 1.165) is 18.4 Å². The molecule has 0 saturated heterocycles. The van der Waals surface area contributed by atoms with Gasteiger partial charge in [-0.3, -0.25) is 4.79 Å². The average molecular weight is 373 g/mol. The number of rotatable bonds is 8. The number of aliphatic carboxylic acids is 1. The lowest BCUT2D eigenvalue weighted by molar-refractivity contribution is -0.138. The Balaban J connectivity index is 1.56. The molecule has 0 fully saturated rings. The van der Waals surface area contributed by atoms with Gasteiger partial charge in [0.25, 0.3) is 0 Å². The molecule has 0 radical (unpaired) electrons. The van der Waals surface area contributed by atoms with Crippen LogP contribution in [-0.2, 0) is 34.1 Å². The minimum atomic E-state index is -3.65. The van der Waals surface area contributed by atoms with Crippen molar-refractivity contribution in [3.8, 4) is 0 Å². The Morgan fingerprint density at radius 2 is 1.62 bits per heavy atom. The van der Waals surface area contributed by atoms with Crippen molar-refractivity contribution in [2.45, 2.75) is 31.7 Å². The summed E-state index contributed by atoms with van der Waals surface area (Å²) in [7, 11) is -3.65. The first-order valence-electron chi connectivity index (χ1n) is 8.76. The highest BCUT2D eigenvalue weighted by Gasteiger charge is 2.27. The monoisotopic (exact) mass is 373 g/mol. The van der Waals surface area contributed by atoms with Gasteiger partial charge in [-0.2, -0.15) is 0 Å². The number of sulfonamides is 1. The standard InChI is InChI=1S/C20H23NO4S/c22-20(23)19(14-15-6-2-1-3-7-15)21-26(24,25)11-10-16-12-17-8-4-5-9-18(17)13-16/h1-9,16,19,21H,10-14H2,(H,22,23)/t19-/m0/s1. The second-order valence-corrected chi connectivity index (χ2v) is 8.72. The zero-order valence-electron chi connectivity index (χ0n) is 14.5. The molecule has 2 aromatic rings. The molecule has 0 aromatic heterocycles. The van der Waals surface area contributed by atoms with Gasteiger partial charge < -0.3 is 5.11 Å². The van der Waals surface area contributed by atoms with E-state index in [1.54, 1.807) is 24.3 Å². The topological polar surface area (TPSA) is 83.5 Å². The van der Waals surface area contributed by atoms with E-state index in [1.807, 2.05) is 18.2 Å². The van der Waals surface area contributed by atoms with Crippen LogP contribution in [0.1, 0.15) is 23.1 Å². The van der Waals surface area contributed by atoms with Crippen LogP contribution in [0.15, 0.2) is 54.6 Å². The molecule has 0 spiro atoms. The summed E-state index contributed by atoms with van der Waals surface area (Å²) in [4.78, 5) is 11.5. The Bertz CT molecular complexity index is 839. The summed E-state index contributed by atoms with van der Waals surface area (Å²) in [5.74, 6) is -0.920. The summed E-state index contributed by atoms with van der Waals surface area (Å²) in [6.07, 6.45) is 2.43. The van der Waals surface area contributed by atoms with Crippen LogP contribution >= 0.6 is 0 Å². The van der Waals surface area contributed by atoms with Crippen LogP contribution < -0.4 is 4.72 Å². The van der Waals surface area contributed by atoms with E-state index >= 15 is 0 Å². The minimum Gasteiger partial charge on any atom is -0.480 e. The molecule has 5 nitrogen and oxygen atoms in total. The molecule has 0 aliphatic heterocycles. The summed E-state index contributed by atoms with van der Waals surface area (Å²) >= 11 is 0. The zero-order valence-corrected chi connectivity index (χ0v) is 15.3. The maximum absolute atomic E-state index is 12.4. The predicted octanol–water partition coefficient (Wildman–Crippen LogP) is 2.41. The first kappa shape index (κ1) is 18.6. The molecule has 1 atom stereocenters. The van der Waals surface area contributed by atoms with Crippen molar-refractivity contribution in [2.75, 3.05) is 5.75 Å². The van der Waals surface area contributed by atoms with Gasteiger partial charge in [0.1, 0.15) is 6.04 Å². The van der Waals surface area contributed by atoms with Gasteiger partial charge in [0.15, 0.2) is 0 Å². The first-order chi connectivity index (χ1) is 12.4. The third-order valence-corrected chi connectivity index (χ3v) is 6.25. The molecule has 6 heteroatoms. The van der Waals surface area contributed by atoms with Crippen LogP contribution in [0.4, 0.5) is 0 Å². The largest absolute Gasteiger partial charge is 0.480 e. The second-order valence-electron chi connectivity index (χ2n) is 6.85. The maximum Gasteiger partial charge on any atom is 0.322 e. The van der Waals surface area contributed by atoms with Gasteiger partial charge >= 0.3 is 5.97 Å². The lowest BCUT2D eigenvalue weighted by Gasteiger charge is -2.16. The molecule has 2 aromatic carbocycles. The zero-order chi connectivity index (χ0) is 18.6. The quantitative estimate of drug-likeness (QED) is 0.744. The van der Waals surface area contributed by atoms with E-state index in [-0.39, 0.29) is 12.2 Å². The van der Waals surface area contributed by atoms with Crippen LogP contribution in [0.2, 0.25) is 0 Å². The van der Waals surface area contributed by atoms with Crippen molar-refractivity contribution < 1.29 is 18.3 Å². The first-order valence-corrected chi connectivity index (χ1v) is 10.4. The Morgan fingerprint density at radius 3 is 2.19 bits per heavy atom. The number of fused-ring (bicyclic) bond motifs is 1. The molecule has 0 heterocycles. The fraction of sp³-hybridized carbons (Fsp3) is 0.350. The summed E-state index contributed by atoms with van der Waals surface area (Å²) < 4.78 is 27.1. The van der Waals surface area contributed by atoms with E-state index in [4.69, 9.17) is 0 Å². The average Bonchev–Trinajstić information content (AvgIpc) is 3.03. The summed E-state index contributed by atoms with van der Waals surface area (Å²) in [5, 5.41) is 9.37. The fourth-order valence-corrected chi connectivity index (χ4v) is 4.86. The van der Waals surface area contributed by atoms with Crippen LogP contribution in [0.5, 0.6) is 0 Å². The Morgan fingerprint density at radius 1 is 1.04 bits per heavy atom. The summed E-state index contributed by atoms with van der Waals surface area (Å²) in [5.41, 5.74) is 3.36. The predicted molar refractivity (Wildman–Crippen MR) is 100 cm³/mol. The van der Waals surface area contributed by atoms with Crippen LogP contribution in [0.3, 0.4) is 0 Å². The fourth-order valence-electron chi connectivity index (χ4n) is 3.48. The van der Waals surface area contributed by atoms with E-state index in [1.165, 1.54) is 11.1 Å². The molecule has 0 saturated carbocycles. The van der Waals surface area contributed by atoms with E-state index in [0.29, 0.717) is 12.3 Å². The molecular weight excluding hydrogens is 350 g/mol. The molecular formula is C20H23NO4S. The highest BCUT2D eigenvalue weighted by atomic mass is 32.2. The third kappa shape index (κ3) is 4.93. The van der Waals surface area contributed by atoms with E-state index in [2.05, 4.69) is 16.9 Å². The van der Waals surface area contributed by atoms with E-state index < -0.39 is 22.0 Å². The molecule has 1 aliphatic rings. The lowest BCUT2D eigenvalue weighted by atomic mass is 10.0. The van der Waals surface area contributed by atoms with Crippen molar-refractivity contribution >= 4 is 16.0 Å². The molecule has 0 unspecified atom stereocenters. The highest BCUT2D eigenvalue weighted by molar-refractivity contribution is 7.89. The summed E-state index contributed by atoms with van der Waals surface area (Å²) in [6, 6.07) is 16.1. The van der Waals surface area contributed by atoms with Gasteiger partial charge in [0.2, 0.25) is 10.0 Å². The number of nitrogens with one attached hydrogen (secondary N) is 1. The van der Waals surface area contributed by atoms with Crippen LogP contribution in [0.25, 0.3) is 0 Å². The van der Waals surface area contributed by atoms with Gasteiger partial charge in [-0.25, -0.2) is 13.1 Å². The van der Waals surface area contributed by atoms with Crippen molar-refractivity contribution in [3.05, 3.63) is 71.3 Å². The van der Waals surface area contributed by atoms with Crippen molar-refractivity contribution in [1.29, 1.82) is 0 Å². The normalized spacial score (nSPS) is 15.5. The number of carboxylic acid groups (broad SMARTS) is 1. The minimum absolute atomic E-state index is 0.0514. The van der Waals surface area contributed by atoms with Crippen LogP contribution in [0, 0.1) is 5.92 Å². The highest BCUT2D eigenvalue weighted by Crippen LogP contribution is 2.28. The van der Waals surface area contributed by atoms with Crippen molar-refractivity contribution in [3.63, 3.8) is 0 Å². The number of carboxylic acids is 1. The molecule has 1 aliphatic carbocycles. The molecule has 138 valence electrons. The summed E-state index contributed by atoms with van der Waals surface area (Å²) in [6.45, 7) is 0. The van der Waals surface area contributed by atoms with Gasteiger partial charge in [-0.05, 0) is 48.3 Å². The smallest absolute Gasteiger partial charge is 0.322 e. The molecule has 0 amide bonds. The van der Waals surface area contributed by atoms with Gasteiger partial charge in [-0.15, -0.1) is 0 Å². The Hall–Kier alpha value is -2.18.